The molecular weight excluding hydrogens is 350 g/mol. The van der Waals surface area contributed by atoms with Gasteiger partial charge in [0.05, 0.1) is 0 Å². The van der Waals surface area contributed by atoms with E-state index in [9.17, 15) is 18.4 Å². The zero-order valence-electron chi connectivity index (χ0n) is 14.2. The van der Waals surface area contributed by atoms with E-state index in [4.69, 9.17) is 0 Å². The zero-order valence-corrected chi connectivity index (χ0v) is 14.2. The Morgan fingerprint density at radius 1 is 0.741 bits per heavy atom. The summed E-state index contributed by atoms with van der Waals surface area (Å²) in [7, 11) is 0. The minimum Gasteiger partial charge on any atom is -0.348 e. The molecule has 4 nitrogen and oxygen atoms in total. The van der Waals surface area contributed by atoms with E-state index in [1.165, 1.54) is 42.5 Å². The van der Waals surface area contributed by atoms with Gasteiger partial charge in [0.2, 0.25) is 0 Å². The van der Waals surface area contributed by atoms with Crippen LogP contribution in [0, 0.1) is 11.6 Å². The van der Waals surface area contributed by atoms with Gasteiger partial charge in [-0.2, -0.15) is 0 Å². The number of amides is 2. The van der Waals surface area contributed by atoms with Crippen molar-refractivity contribution in [1.82, 2.24) is 5.32 Å². The summed E-state index contributed by atoms with van der Waals surface area (Å²) in [5.41, 5.74) is 1.83. The number of benzene rings is 3. The van der Waals surface area contributed by atoms with Crippen molar-refractivity contribution in [2.45, 2.75) is 6.54 Å². The number of hydrogen-bond donors (Lipinski definition) is 2. The largest absolute Gasteiger partial charge is 0.348 e. The normalized spacial score (nSPS) is 10.3. The second kappa shape index (κ2) is 8.23. The van der Waals surface area contributed by atoms with Gasteiger partial charge >= 0.3 is 0 Å². The number of carbonyl (C=O) groups excluding carboxylic acids is 2. The van der Waals surface area contributed by atoms with Crippen LogP contribution in [0.5, 0.6) is 0 Å². The van der Waals surface area contributed by atoms with Crippen molar-refractivity contribution in [3.05, 3.63) is 101 Å². The molecular formula is C21H16F2N2O2. The number of rotatable bonds is 5. The van der Waals surface area contributed by atoms with Crippen LogP contribution in [0.25, 0.3) is 0 Å². The van der Waals surface area contributed by atoms with Crippen LogP contribution in [0.2, 0.25) is 0 Å². The van der Waals surface area contributed by atoms with E-state index in [1.807, 2.05) is 0 Å². The molecule has 0 heterocycles. The van der Waals surface area contributed by atoms with Gasteiger partial charge in [0.15, 0.2) is 0 Å². The molecule has 0 spiro atoms. The Morgan fingerprint density at radius 3 is 1.93 bits per heavy atom. The number of nitrogens with one attached hydrogen (secondary N) is 2. The van der Waals surface area contributed by atoms with Crippen LogP contribution in [0.3, 0.4) is 0 Å². The Morgan fingerprint density at radius 2 is 1.30 bits per heavy atom. The van der Waals surface area contributed by atoms with Gasteiger partial charge in [-0.25, -0.2) is 8.78 Å². The lowest BCUT2D eigenvalue weighted by Gasteiger charge is -2.08. The highest BCUT2D eigenvalue weighted by Gasteiger charge is 2.11. The van der Waals surface area contributed by atoms with Gasteiger partial charge in [-0.1, -0.05) is 18.2 Å². The third kappa shape index (κ3) is 4.98. The first-order valence-electron chi connectivity index (χ1n) is 8.21. The SMILES string of the molecule is O=C(NCc1ccc(F)cc1)c1cccc(C(=O)Nc2ccc(F)cc2)c1. The lowest BCUT2D eigenvalue weighted by atomic mass is 10.1. The van der Waals surface area contributed by atoms with E-state index in [0.717, 1.165) is 5.56 Å². The zero-order chi connectivity index (χ0) is 19.2. The van der Waals surface area contributed by atoms with Crippen molar-refractivity contribution >= 4 is 17.5 Å². The average Bonchev–Trinajstić information content (AvgIpc) is 2.69. The van der Waals surface area contributed by atoms with Gasteiger partial charge in [-0.15, -0.1) is 0 Å². The molecule has 0 fully saturated rings. The van der Waals surface area contributed by atoms with E-state index in [2.05, 4.69) is 10.6 Å². The molecule has 0 aliphatic heterocycles. The Hall–Kier alpha value is -3.54. The van der Waals surface area contributed by atoms with Crippen molar-refractivity contribution in [2.24, 2.45) is 0 Å². The molecule has 0 radical (unpaired) electrons. The first-order chi connectivity index (χ1) is 13.0. The second-order valence-corrected chi connectivity index (χ2v) is 5.85. The second-order valence-electron chi connectivity index (χ2n) is 5.85. The molecule has 2 amide bonds. The summed E-state index contributed by atoms with van der Waals surface area (Å²) in [6.45, 7) is 0.241. The summed E-state index contributed by atoms with van der Waals surface area (Å²) < 4.78 is 25.8. The van der Waals surface area contributed by atoms with Gasteiger partial charge in [0.25, 0.3) is 11.8 Å². The smallest absolute Gasteiger partial charge is 0.255 e. The molecule has 0 saturated carbocycles. The van der Waals surface area contributed by atoms with Crippen LogP contribution in [0.1, 0.15) is 26.3 Å². The molecule has 0 aliphatic carbocycles. The van der Waals surface area contributed by atoms with Crippen LogP contribution in [0.15, 0.2) is 72.8 Å². The number of anilines is 1. The highest BCUT2D eigenvalue weighted by Crippen LogP contribution is 2.12. The Bertz CT molecular complexity index is 955. The Kier molecular flexibility index (Phi) is 5.56. The summed E-state index contributed by atoms with van der Waals surface area (Å²) in [6, 6.07) is 17.5. The molecule has 27 heavy (non-hydrogen) atoms. The van der Waals surface area contributed by atoms with Crippen molar-refractivity contribution in [1.29, 1.82) is 0 Å². The molecule has 0 saturated heterocycles. The summed E-state index contributed by atoms with van der Waals surface area (Å²) in [5.74, 6) is -1.50. The van der Waals surface area contributed by atoms with Crippen LogP contribution >= 0.6 is 0 Å². The first kappa shape index (κ1) is 18.3. The molecule has 3 aromatic rings. The number of carbonyl (C=O) groups is 2. The van der Waals surface area contributed by atoms with Gasteiger partial charge < -0.3 is 10.6 Å². The predicted octanol–water partition coefficient (Wildman–Crippen LogP) is 4.15. The van der Waals surface area contributed by atoms with Crippen molar-refractivity contribution in [2.75, 3.05) is 5.32 Å². The number of hydrogen-bond acceptors (Lipinski definition) is 2. The van der Waals surface area contributed by atoms with Gasteiger partial charge in [0, 0.05) is 23.4 Å². The molecule has 6 heteroatoms. The summed E-state index contributed by atoms with van der Waals surface area (Å²) in [6.07, 6.45) is 0. The summed E-state index contributed by atoms with van der Waals surface area (Å²) in [5, 5.41) is 5.36. The van der Waals surface area contributed by atoms with E-state index in [-0.39, 0.29) is 18.3 Å². The van der Waals surface area contributed by atoms with Crippen LogP contribution in [0.4, 0.5) is 14.5 Å². The summed E-state index contributed by atoms with van der Waals surface area (Å²) >= 11 is 0. The fourth-order valence-corrected chi connectivity index (χ4v) is 2.42. The molecule has 0 unspecified atom stereocenters. The van der Waals surface area contributed by atoms with Gasteiger partial charge in [-0.3, -0.25) is 9.59 Å². The first-order valence-corrected chi connectivity index (χ1v) is 8.21. The quantitative estimate of drug-likeness (QED) is 0.713. The third-order valence-corrected chi connectivity index (χ3v) is 3.86. The van der Waals surface area contributed by atoms with E-state index in [1.54, 1.807) is 30.3 Å². The minimum absolute atomic E-state index is 0.241. The maximum Gasteiger partial charge on any atom is 0.255 e. The molecule has 0 atom stereocenters. The van der Waals surface area contributed by atoms with E-state index < -0.39 is 11.7 Å². The molecule has 3 aromatic carbocycles. The van der Waals surface area contributed by atoms with E-state index in [0.29, 0.717) is 16.8 Å². The predicted molar refractivity (Wildman–Crippen MR) is 98.4 cm³/mol. The monoisotopic (exact) mass is 366 g/mol. The molecule has 3 rings (SSSR count). The van der Waals surface area contributed by atoms with Gasteiger partial charge in [0.1, 0.15) is 11.6 Å². The van der Waals surface area contributed by atoms with Gasteiger partial charge in [-0.05, 0) is 60.2 Å². The fourth-order valence-electron chi connectivity index (χ4n) is 2.42. The van der Waals surface area contributed by atoms with Crippen molar-refractivity contribution in [3.8, 4) is 0 Å². The topological polar surface area (TPSA) is 58.2 Å². The number of halogens is 2. The van der Waals surface area contributed by atoms with Crippen molar-refractivity contribution < 1.29 is 18.4 Å². The maximum absolute atomic E-state index is 12.9. The highest BCUT2D eigenvalue weighted by atomic mass is 19.1. The molecule has 136 valence electrons. The average molecular weight is 366 g/mol. The van der Waals surface area contributed by atoms with Crippen LogP contribution in [-0.4, -0.2) is 11.8 Å². The molecule has 0 aromatic heterocycles. The fraction of sp³-hybridized carbons (Fsp3) is 0.0476. The van der Waals surface area contributed by atoms with Crippen LogP contribution in [-0.2, 0) is 6.54 Å². The summed E-state index contributed by atoms with van der Waals surface area (Å²) in [4.78, 5) is 24.6. The Balaban J connectivity index is 1.65. The Labute approximate surface area is 154 Å². The van der Waals surface area contributed by atoms with Crippen molar-refractivity contribution in [3.63, 3.8) is 0 Å². The lowest BCUT2D eigenvalue weighted by Crippen LogP contribution is -2.23. The van der Waals surface area contributed by atoms with Crippen LogP contribution < -0.4 is 10.6 Å². The third-order valence-electron chi connectivity index (χ3n) is 3.86. The lowest BCUT2D eigenvalue weighted by molar-refractivity contribution is 0.0951. The molecule has 2 N–H and O–H groups in total. The maximum atomic E-state index is 12.9. The standard InChI is InChI=1S/C21H16F2N2O2/c22-17-6-4-14(5-7-17)13-24-20(26)15-2-1-3-16(12-15)21(27)25-19-10-8-18(23)9-11-19/h1-12H,13H2,(H,24,26)(H,25,27). The highest BCUT2D eigenvalue weighted by molar-refractivity contribution is 6.06. The minimum atomic E-state index is -0.408. The molecule has 0 bridgehead atoms. The van der Waals surface area contributed by atoms with E-state index >= 15 is 0 Å². The molecule has 0 aliphatic rings.